The first-order valence-corrected chi connectivity index (χ1v) is 8.35. The molecule has 4 N–H and O–H groups in total. The summed E-state index contributed by atoms with van der Waals surface area (Å²) in [5, 5.41) is 24.9. The van der Waals surface area contributed by atoms with Crippen molar-refractivity contribution in [2.45, 2.75) is 12.5 Å². The topological polar surface area (TPSA) is 125 Å². The zero-order valence-corrected chi connectivity index (χ0v) is 14.1. The number of hydrogen-bond acceptors (Lipinski definition) is 5. The molecule has 2 unspecified atom stereocenters. The number of hydrogen-bond donors (Lipinski definition) is 4. The van der Waals surface area contributed by atoms with Gasteiger partial charge in [0.05, 0.1) is 17.6 Å². The van der Waals surface area contributed by atoms with Gasteiger partial charge in [-0.15, -0.1) is 0 Å². The molecule has 0 radical (unpaired) electrons. The van der Waals surface area contributed by atoms with Crippen LogP contribution >= 0.6 is 0 Å². The molecule has 0 saturated carbocycles. The Morgan fingerprint density at radius 1 is 1.22 bits per heavy atom. The number of aliphatic carboxylic acids is 1. The minimum absolute atomic E-state index is 0.0217. The minimum atomic E-state index is -1.05. The Morgan fingerprint density at radius 2 is 2.04 bits per heavy atom. The van der Waals surface area contributed by atoms with Crippen molar-refractivity contribution in [3.05, 3.63) is 53.1 Å². The van der Waals surface area contributed by atoms with Gasteiger partial charge >= 0.3 is 5.97 Å². The van der Waals surface area contributed by atoms with E-state index in [1.54, 1.807) is 18.2 Å². The number of phenols is 1. The molecule has 0 saturated heterocycles. The second-order valence-corrected chi connectivity index (χ2v) is 6.49. The van der Waals surface area contributed by atoms with Crippen LogP contribution < -0.4 is 15.4 Å². The maximum absolute atomic E-state index is 12.7. The number of benzene rings is 2. The van der Waals surface area contributed by atoms with Crippen LogP contribution in [0.1, 0.15) is 27.5 Å². The third kappa shape index (κ3) is 2.95. The largest absolute Gasteiger partial charge is 0.508 e. The zero-order chi connectivity index (χ0) is 19.1. The van der Waals surface area contributed by atoms with Gasteiger partial charge in [0, 0.05) is 11.1 Å². The van der Waals surface area contributed by atoms with Crippen LogP contribution in [-0.4, -0.2) is 34.6 Å². The highest BCUT2D eigenvalue weighted by Gasteiger charge is 2.39. The molecule has 2 atom stereocenters. The van der Waals surface area contributed by atoms with Crippen molar-refractivity contribution < 1.29 is 29.3 Å². The van der Waals surface area contributed by atoms with E-state index in [1.165, 1.54) is 18.2 Å². The highest BCUT2D eigenvalue weighted by Crippen LogP contribution is 2.40. The van der Waals surface area contributed by atoms with Crippen molar-refractivity contribution in [3.8, 4) is 11.5 Å². The van der Waals surface area contributed by atoms with E-state index in [2.05, 4.69) is 10.6 Å². The molecule has 0 spiro atoms. The molecule has 1 heterocycles. The summed E-state index contributed by atoms with van der Waals surface area (Å²) in [5.74, 6) is -2.26. The monoisotopic (exact) mass is 368 g/mol. The lowest BCUT2D eigenvalue weighted by Crippen LogP contribution is -2.34. The molecule has 2 aromatic rings. The highest BCUT2D eigenvalue weighted by molar-refractivity contribution is 5.99. The average molecular weight is 368 g/mol. The fourth-order valence-electron chi connectivity index (χ4n) is 3.51. The van der Waals surface area contributed by atoms with Crippen molar-refractivity contribution in [2.24, 2.45) is 5.92 Å². The number of carbonyl (C=O) groups is 3. The quantitative estimate of drug-likeness (QED) is 0.650. The normalized spacial score (nSPS) is 20.1. The van der Waals surface area contributed by atoms with Gasteiger partial charge in [0.15, 0.2) is 6.61 Å². The number of rotatable bonds is 3. The van der Waals surface area contributed by atoms with Crippen LogP contribution in [0.3, 0.4) is 0 Å². The summed E-state index contributed by atoms with van der Waals surface area (Å²) in [7, 11) is 0. The van der Waals surface area contributed by atoms with Crippen LogP contribution in [-0.2, 0) is 16.0 Å². The molecule has 0 aromatic heterocycles. The molecule has 0 bridgehead atoms. The molecule has 8 nitrogen and oxygen atoms in total. The Kier molecular flexibility index (Phi) is 3.95. The number of ether oxygens (including phenoxy) is 1. The molecule has 2 amide bonds. The standard InChI is InChI=1S/C19H16N2O6/c22-14-3-1-2-10-11(14)7-12(19(25)26)17(10)21-18(24)9-4-5-13-15(6-9)27-8-16(23)20-13/h1-6,12,17,22H,7-8H2,(H,20,23)(H,21,24)(H,25,26). The Labute approximate surface area is 153 Å². The van der Waals surface area contributed by atoms with Crippen molar-refractivity contribution >= 4 is 23.5 Å². The Balaban J connectivity index is 1.61. The lowest BCUT2D eigenvalue weighted by Gasteiger charge is -2.21. The molecule has 2 aliphatic rings. The summed E-state index contributed by atoms with van der Waals surface area (Å²) in [5.41, 5.74) is 1.88. The third-order valence-electron chi connectivity index (χ3n) is 4.83. The second kappa shape index (κ2) is 6.31. The van der Waals surface area contributed by atoms with Crippen molar-refractivity contribution in [1.82, 2.24) is 5.32 Å². The van der Waals surface area contributed by atoms with Gasteiger partial charge in [0.2, 0.25) is 0 Å². The van der Waals surface area contributed by atoms with Gasteiger partial charge in [-0.1, -0.05) is 12.1 Å². The van der Waals surface area contributed by atoms with Crippen LogP contribution in [0.4, 0.5) is 5.69 Å². The molecular weight excluding hydrogens is 352 g/mol. The van der Waals surface area contributed by atoms with Crippen LogP contribution in [0.2, 0.25) is 0 Å². The molecule has 1 aliphatic heterocycles. The third-order valence-corrected chi connectivity index (χ3v) is 4.83. The number of amides is 2. The summed E-state index contributed by atoms with van der Waals surface area (Å²) in [6, 6.07) is 8.65. The number of anilines is 1. The van der Waals surface area contributed by atoms with Gasteiger partial charge < -0.3 is 25.6 Å². The van der Waals surface area contributed by atoms with E-state index in [0.717, 1.165) is 0 Å². The SMILES string of the molecule is O=C1COc2cc(C(=O)NC3c4cccc(O)c4CC3C(=O)O)ccc2N1. The Hall–Kier alpha value is -3.55. The predicted molar refractivity (Wildman–Crippen MR) is 93.7 cm³/mol. The molecule has 1 aliphatic carbocycles. The van der Waals surface area contributed by atoms with Gasteiger partial charge in [0.1, 0.15) is 11.5 Å². The van der Waals surface area contributed by atoms with E-state index in [0.29, 0.717) is 22.6 Å². The molecule has 27 heavy (non-hydrogen) atoms. The number of fused-ring (bicyclic) bond motifs is 2. The van der Waals surface area contributed by atoms with Gasteiger partial charge in [-0.3, -0.25) is 14.4 Å². The summed E-state index contributed by atoms with van der Waals surface area (Å²) >= 11 is 0. The summed E-state index contributed by atoms with van der Waals surface area (Å²) < 4.78 is 5.31. The molecule has 2 aromatic carbocycles. The number of carboxylic acids is 1. The zero-order valence-electron chi connectivity index (χ0n) is 14.1. The lowest BCUT2D eigenvalue weighted by molar-refractivity contribution is -0.142. The van der Waals surface area contributed by atoms with Gasteiger partial charge in [-0.2, -0.15) is 0 Å². The Bertz CT molecular complexity index is 971. The van der Waals surface area contributed by atoms with Gasteiger partial charge in [0.25, 0.3) is 11.8 Å². The van der Waals surface area contributed by atoms with E-state index in [9.17, 15) is 24.6 Å². The van der Waals surface area contributed by atoms with Crippen molar-refractivity contribution in [3.63, 3.8) is 0 Å². The first-order chi connectivity index (χ1) is 12.9. The van der Waals surface area contributed by atoms with E-state index >= 15 is 0 Å². The summed E-state index contributed by atoms with van der Waals surface area (Å²) in [6.07, 6.45) is 0.140. The summed E-state index contributed by atoms with van der Waals surface area (Å²) in [4.78, 5) is 35.7. The number of nitrogens with one attached hydrogen (secondary N) is 2. The molecule has 0 fully saturated rings. The van der Waals surface area contributed by atoms with Crippen LogP contribution in [0.15, 0.2) is 36.4 Å². The lowest BCUT2D eigenvalue weighted by atomic mass is 10.00. The maximum atomic E-state index is 12.7. The Morgan fingerprint density at radius 3 is 2.81 bits per heavy atom. The molecular formula is C19H16N2O6. The van der Waals surface area contributed by atoms with Crippen molar-refractivity contribution in [2.75, 3.05) is 11.9 Å². The number of carboxylic acid groups (broad SMARTS) is 1. The van der Waals surface area contributed by atoms with E-state index in [4.69, 9.17) is 4.74 Å². The first kappa shape index (κ1) is 16.9. The smallest absolute Gasteiger partial charge is 0.309 e. The average Bonchev–Trinajstić information content (AvgIpc) is 3.01. The van der Waals surface area contributed by atoms with Crippen LogP contribution in [0, 0.1) is 5.92 Å². The van der Waals surface area contributed by atoms with Crippen molar-refractivity contribution in [1.29, 1.82) is 0 Å². The number of aromatic hydroxyl groups is 1. The molecule has 138 valence electrons. The fourth-order valence-corrected chi connectivity index (χ4v) is 3.51. The summed E-state index contributed by atoms with van der Waals surface area (Å²) in [6.45, 7) is -0.131. The van der Waals surface area contributed by atoms with Crippen LogP contribution in [0.25, 0.3) is 0 Å². The van der Waals surface area contributed by atoms with Gasteiger partial charge in [-0.25, -0.2) is 0 Å². The fraction of sp³-hybridized carbons (Fsp3) is 0.211. The van der Waals surface area contributed by atoms with E-state index < -0.39 is 23.8 Å². The number of phenolic OH excluding ortho intramolecular Hbond substituents is 1. The van der Waals surface area contributed by atoms with Gasteiger partial charge in [-0.05, 0) is 36.2 Å². The van der Waals surface area contributed by atoms with E-state index in [-0.39, 0.29) is 30.2 Å². The molecule has 8 heteroatoms. The second-order valence-electron chi connectivity index (χ2n) is 6.49. The molecule has 4 rings (SSSR count). The van der Waals surface area contributed by atoms with E-state index in [1.807, 2.05) is 0 Å². The first-order valence-electron chi connectivity index (χ1n) is 8.35. The highest BCUT2D eigenvalue weighted by atomic mass is 16.5. The predicted octanol–water partition coefficient (Wildman–Crippen LogP) is 1.45. The number of carbonyl (C=O) groups excluding carboxylic acids is 2. The van der Waals surface area contributed by atoms with Crippen LogP contribution in [0.5, 0.6) is 11.5 Å². The minimum Gasteiger partial charge on any atom is -0.508 e. The maximum Gasteiger partial charge on any atom is 0.309 e.